The van der Waals surface area contributed by atoms with E-state index in [9.17, 15) is 8.42 Å². The molecule has 6 heteroatoms. The van der Waals surface area contributed by atoms with Crippen LogP contribution >= 0.6 is 0 Å². The van der Waals surface area contributed by atoms with Crippen LogP contribution in [0.25, 0.3) is 0 Å². The van der Waals surface area contributed by atoms with Crippen LogP contribution < -0.4 is 14.2 Å². The lowest BCUT2D eigenvalue weighted by Crippen LogP contribution is -2.16. The zero-order valence-electron chi connectivity index (χ0n) is 14.6. The van der Waals surface area contributed by atoms with Crippen molar-refractivity contribution < 1.29 is 17.9 Å². The summed E-state index contributed by atoms with van der Waals surface area (Å²) in [6.07, 6.45) is 0. The molecule has 0 aliphatic heterocycles. The molecule has 0 unspecified atom stereocenters. The first-order valence-electron chi connectivity index (χ1n) is 7.64. The lowest BCUT2D eigenvalue weighted by Gasteiger charge is -2.18. The van der Waals surface area contributed by atoms with E-state index < -0.39 is 10.0 Å². The van der Waals surface area contributed by atoms with Gasteiger partial charge in [0.05, 0.1) is 19.9 Å². The predicted octanol–water partition coefficient (Wildman–Crippen LogP) is 3.94. The van der Waals surface area contributed by atoms with Crippen LogP contribution in [0.5, 0.6) is 11.5 Å². The Morgan fingerprint density at radius 3 is 2.33 bits per heavy atom. The van der Waals surface area contributed by atoms with Crippen molar-refractivity contribution >= 4 is 15.7 Å². The van der Waals surface area contributed by atoms with Crippen LogP contribution in [0.4, 0.5) is 5.69 Å². The highest BCUT2D eigenvalue weighted by atomic mass is 32.2. The maximum Gasteiger partial charge on any atom is 0.265 e. The third kappa shape index (κ3) is 3.64. The molecule has 5 nitrogen and oxygen atoms in total. The van der Waals surface area contributed by atoms with Gasteiger partial charge in [-0.05, 0) is 36.1 Å². The van der Waals surface area contributed by atoms with Crippen LogP contribution in [0, 0.1) is 6.92 Å². The van der Waals surface area contributed by atoms with Crippen LogP contribution in [0.1, 0.15) is 30.9 Å². The highest BCUT2D eigenvalue weighted by Gasteiger charge is 2.23. The number of nitrogens with one attached hydrogen (secondary N) is 1. The molecule has 0 aliphatic carbocycles. The van der Waals surface area contributed by atoms with Gasteiger partial charge in [-0.2, -0.15) is 0 Å². The van der Waals surface area contributed by atoms with Crippen LogP contribution in [0.15, 0.2) is 41.3 Å². The molecule has 1 N–H and O–H groups in total. The Morgan fingerprint density at radius 2 is 1.75 bits per heavy atom. The molecule has 0 saturated carbocycles. The molecule has 24 heavy (non-hydrogen) atoms. The first-order valence-corrected chi connectivity index (χ1v) is 9.12. The third-order valence-electron chi connectivity index (χ3n) is 3.82. The Labute approximate surface area is 143 Å². The maximum atomic E-state index is 12.9. The molecule has 0 atom stereocenters. The van der Waals surface area contributed by atoms with E-state index in [1.54, 1.807) is 12.1 Å². The minimum absolute atomic E-state index is 0.0438. The number of hydrogen-bond acceptors (Lipinski definition) is 4. The standard InChI is InChI=1S/C18H23NO4S/c1-12(2)15-8-6-7-13(3)18(15)19-24(20,21)17-11-14(22-4)9-10-16(17)23-5/h6-12,19H,1-5H3. The van der Waals surface area contributed by atoms with E-state index in [1.807, 2.05) is 39.0 Å². The molecule has 0 aromatic heterocycles. The summed E-state index contributed by atoms with van der Waals surface area (Å²) in [5, 5.41) is 0. The minimum Gasteiger partial charge on any atom is -0.497 e. The van der Waals surface area contributed by atoms with Gasteiger partial charge in [0.2, 0.25) is 0 Å². The summed E-state index contributed by atoms with van der Waals surface area (Å²) in [5.41, 5.74) is 2.42. The van der Waals surface area contributed by atoms with Crippen molar-refractivity contribution in [3.63, 3.8) is 0 Å². The van der Waals surface area contributed by atoms with Gasteiger partial charge in [-0.1, -0.05) is 32.0 Å². The van der Waals surface area contributed by atoms with Crippen LogP contribution in [-0.4, -0.2) is 22.6 Å². The Bertz CT molecular complexity index is 829. The average molecular weight is 349 g/mol. The molecule has 0 heterocycles. The summed E-state index contributed by atoms with van der Waals surface area (Å²) in [6, 6.07) is 10.4. The third-order valence-corrected chi connectivity index (χ3v) is 5.19. The Morgan fingerprint density at radius 1 is 1.04 bits per heavy atom. The number of sulfonamides is 1. The molecule has 0 bridgehead atoms. The SMILES string of the molecule is COc1ccc(OC)c(S(=O)(=O)Nc2c(C)cccc2C(C)C)c1. The smallest absolute Gasteiger partial charge is 0.265 e. The molecular weight excluding hydrogens is 326 g/mol. The molecule has 2 aromatic carbocycles. The fourth-order valence-corrected chi connectivity index (χ4v) is 3.84. The molecular formula is C18H23NO4S. The number of para-hydroxylation sites is 1. The largest absolute Gasteiger partial charge is 0.497 e. The molecule has 130 valence electrons. The molecule has 0 amide bonds. The molecule has 0 radical (unpaired) electrons. The van der Waals surface area contributed by atoms with Gasteiger partial charge in [0.25, 0.3) is 10.0 Å². The fraction of sp³-hybridized carbons (Fsp3) is 0.333. The summed E-state index contributed by atoms with van der Waals surface area (Å²) in [4.78, 5) is 0.0438. The Kier molecular flexibility index (Phi) is 5.39. The summed E-state index contributed by atoms with van der Waals surface area (Å²) >= 11 is 0. The zero-order valence-corrected chi connectivity index (χ0v) is 15.4. The number of methoxy groups -OCH3 is 2. The van der Waals surface area contributed by atoms with Crippen molar-refractivity contribution in [3.8, 4) is 11.5 Å². The van der Waals surface area contributed by atoms with Gasteiger partial charge in [0, 0.05) is 6.07 Å². The summed E-state index contributed by atoms with van der Waals surface area (Å²) in [5.74, 6) is 0.905. The van der Waals surface area contributed by atoms with Gasteiger partial charge in [0.1, 0.15) is 16.4 Å². The van der Waals surface area contributed by atoms with Crippen LogP contribution in [-0.2, 0) is 10.0 Å². The molecule has 0 saturated heterocycles. The van der Waals surface area contributed by atoms with E-state index in [4.69, 9.17) is 9.47 Å². The topological polar surface area (TPSA) is 64.6 Å². The van der Waals surface area contributed by atoms with E-state index in [-0.39, 0.29) is 16.6 Å². The Hall–Kier alpha value is -2.21. The van der Waals surface area contributed by atoms with E-state index in [0.717, 1.165) is 11.1 Å². The fourth-order valence-electron chi connectivity index (χ4n) is 2.49. The molecule has 2 rings (SSSR count). The van der Waals surface area contributed by atoms with Crippen LogP contribution in [0.3, 0.4) is 0 Å². The molecule has 0 spiro atoms. The minimum atomic E-state index is -3.82. The molecule has 0 fully saturated rings. The number of hydrogen-bond donors (Lipinski definition) is 1. The first-order chi connectivity index (χ1) is 11.3. The average Bonchev–Trinajstić information content (AvgIpc) is 2.55. The summed E-state index contributed by atoms with van der Waals surface area (Å²) < 4.78 is 38.9. The number of ether oxygens (including phenoxy) is 2. The van der Waals surface area contributed by atoms with Gasteiger partial charge in [-0.25, -0.2) is 8.42 Å². The lowest BCUT2D eigenvalue weighted by atomic mass is 9.99. The highest BCUT2D eigenvalue weighted by Crippen LogP contribution is 2.33. The van der Waals surface area contributed by atoms with Gasteiger partial charge in [0.15, 0.2) is 0 Å². The van der Waals surface area contributed by atoms with Gasteiger partial charge < -0.3 is 9.47 Å². The van der Waals surface area contributed by atoms with E-state index >= 15 is 0 Å². The summed E-state index contributed by atoms with van der Waals surface area (Å²) in [7, 11) is -0.894. The number of benzene rings is 2. The normalized spacial score (nSPS) is 11.4. The van der Waals surface area contributed by atoms with Crippen molar-refractivity contribution in [1.29, 1.82) is 0 Å². The maximum absolute atomic E-state index is 12.9. The molecule has 0 aliphatic rings. The summed E-state index contributed by atoms with van der Waals surface area (Å²) in [6.45, 7) is 5.93. The van der Waals surface area contributed by atoms with Crippen molar-refractivity contribution in [2.24, 2.45) is 0 Å². The van der Waals surface area contributed by atoms with E-state index in [1.165, 1.54) is 20.3 Å². The lowest BCUT2D eigenvalue weighted by molar-refractivity contribution is 0.392. The van der Waals surface area contributed by atoms with Gasteiger partial charge in [-0.15, -0.1) is 0 Å². The number of rotatable bonds is 6. The quantitative estimate of drug-likeness (QED) is 0.858. The van der Waals surface area contributed by atoms with Crippen molar-refractivity contribution in [2.45, 2.75) is 31.6 Å². The monoisotopic (exact) mass is 349 g/mol. The van der Waals surface area contributed by atoms with E-state index in [0.29, 0.717) is 11.4 Å². The van der Waals surface area contributed by atoms with Crippen molar-refractivity contribution in [3.05, 3.63) is 47.5 Å². The second-order valence-electron chi connectivity index (χ2n) is 5.82. The van der Waals surface area contributed by atoms with Crippen molar-refractivity contribution in [1.82, 2.24) is 0 Å². The van der Waals surface area contributed by atoms with Crippen molar-refractivity contribution in [2.75, 3.05) is 18.9 Å². The van der Waals surface area contributed by atoms with Gasteiger partial charge in [-0.3, -0.25) is 4.72 Å². The van der Waals surface area contributed by atoms with E-state index in [2.05, 4.69) is 4.72 Å². The zero-order chi connectivity index (χ0) is 17.9. The van der Waals surface area contributed by atoms with Crippen LogP contribution in [0.2, 0.25) is 0 Å². The van der Waals surface area contributed by atoms with Gasteiger partial charge >= 0.3 is 0 Å². The highest BCUT2D eigenvalue weighted by molar-refractivity contribution is 7.92. The first kappa shape index (κ1) is 18.1. The number of anilines is 1. The number of aryl methyl sites for hydroxylation is 1. The second-order valence-corrected chi connectivity index (χ2v) is 7.47. The molecule has 2 aromatic rings. The Balaban J connectivity index is 2.54. The predicted molar refractivity (Wildman–Crippen MR) is 95.6 cm³/mol. The second kappa shape index (κ2) is 7.13.